The molecule has 1 saturated heterocycles. The van der Waals surface area contributed by atoms with Gasteiger partial charge in [-0.25, -0.2) is 9.00 Å². The zero-order valence-electron chi connectivity index (χ0n) is 11.7. The highest BCUT2D eigenvalue weighted by Crippen LogP contribution is 2.43. The molecule has 1 aliphatic carbocycles. The maximum absolute atomic E-state index is 12.2. The fourth-order valence-corrected chi connectivity index (χ4v) is 7.14. The standard InChI is InChI=1S/C14H15NO5S2/c16-14(9-5-7-10(8-6-9)15(17)18)20-13-11-3-1-2-4-12(13)22(19)21-11/h5-8,11-13H,1-4H2/t11-,12+,13?,22?/m0/s1. The van der Waals surface area contributed by atoms with Crippen LogP contribution in [0.5, 0.6) is 0 Å². The van der Waals surface area contributed by atoms with Crippen LogP contribution in [0.3, 0.4) is 0 Å². The molecule has 8 heteroatoms. The van der Waals surface area contributed by atoms with Gasteiger partial charge in [0.2, 0.25) is 0 Å². The molecule has 2 fully saturated rings. The minimum atomic E-state index is -1.00. The molecule has 0 N–H and O–H groups in total. The Labute approximate surface area is 133 Å². The minimum absolute atomic E-state index is 0.0669. The van der Waals surface area contributed by atoms with E-state index in [0.29, 0.717) is 0 Å². The van der Waals surface area contributed by atoms with Crippen molar-refractivity contribution in [3.05, 3.63) is 39.9 Å². The van der Waals surface area contributed by atoms with E-state index in [1.807, 2.05) is 0 Å². The summed E-state index contributed by atoms with van der Waals surface area (Å²) in [5.74, 6) is -0.503. The smallest absolute Gasteiger partial charge is 0.338 e. The van der Waals surface area contributed by atoms with Gasteiger partial charge in [-0.15, -0.1) is 0 Å². The van der Waals surface area contributed by atoms with Crippen molar-refractivity contribution in [2.45, 2.75) is 42.3 Å². The van der Waals surface area contributed by atoms with E-state index in [4.69, 9.17) is 4.74 Å². The first-order valence-corrected chi connectivity index (χ1v) is 9.70. The summed E-state index contributed by atoms with van der Waals surface area (Å²) in [7, 11) is 0.405. The molecule has 1 saturated carbocycles. The zero-order chi connectivity index (χ0) is 15.7. The zero-order valence-corrected chi connectivity index (χ0v) is 13.3. The molecular weight excluding hydrogens is 326 g/mol. The molecule has 3 rings (SSSR count). The van der Waals surface area contributed by atoms with E-state index in [9.17, 15) is 19.1 Å². The molecular formula is C14H15NO5S2. The number of rotatable bonds is 3. The Balaban J connectivity index is 1.73. The van der Waals surface area contributed by atoms with Gasteiger partial charge < -0.3 is 4.74 Å². The molecule has 2 aliphatic rings. The Hall–Kier alpha value is -1.41. The Morgan fingerprint density at radius 1 is 1.27 bits per heavy atom. The first-order chi connectivity index (χ1) is 10.6. The number of hydrogen-bond acceptors (Lipinski definition) is 6. The molecule has 2 unspecified atom stereocenters. The molecule has 6 nitrogen and oxygen atoms in total. The Morgan fingerprint density at radius 2 is 1.95 bits per heavy atom. The largest absolute Gasteiger partial charge is 0.456 e. The van der Waals surface area contributed by atoms with Crippen LogP contribution in [0.4, 0.5) is 5.69 Å². The van der Waals surface area contributed by atoms with E-state index in [2.05, 4.69) is 0 Å². The molecule has 0 spiro atoms. The first kappa shape index (κ1) is 15.5. The molecule has 4 atom stereocenters. The summed E-state index contributed by atoms with van der Waals surface area (Å²) in [4.78, 5) is 22.3. The average Bonchev–Trinajstić information content (AvgIpc) is 2.66. The summed E-state index contributed by atoms with van der Waals surface area (Å²) < 4.78 is 17.7. The Bertz CT molecular complexity index is 618. The van der Waals surface area contributed by atoms with Gasteiger partial charge in [-0.2, -0.15) is 0 Å². The number of ether oxygens (including phenoxy) is 1. The van der Waals surface area contributed by atoms with Crippen LogP contribution in [0.15, 0.2) is 24.3 Å². The third kappa shape index (κ3) is 3.03. The molecule has 1 aromatic carbocycles. The lowest BCUT2D eigenvalue weighted by molar-refractivity contribution is -0.384. The van der Waals surface area contributed by atoms with Gasteiger partial charge in [0.05, 0.1) is 30.8 Å². The van der Waals surface area contributed by atoms with Gasteiger partial charge in [-0.05, 0) is 25.0 Å². The van der Waals surface area contributed by atoms with E-state index in [-0.39, 0.29) is 27.9 Å². The summed E-state index contributed by atoms with van der Waals surface area (Å²) in [6, 6.07) is 5.35. The Morgan fingerprint density at radius 3 is 2.64 bits per heavy atom. The van der Waals surface area contributed by atoms with Crippen LogP contribution >= 0.6 is 10.8 Å². The van der Waals surface area contributed by atoms with Crippen LogP contribution in [0.2, 0.25) is 0 Å². The lowest BCUT2D eigenvalue weighted by Gasteiger charge is -2.20. The molecule has 1 aromatic rings. The lowest BCUT2D eigenvalue weighted by Crippen LogP contribution is -2.33. The summed E-state index contributed by atoms with van der Waals surface area (Å²) >= 11 is 0. The highest BCUT2D eigenvalue weighted by atomic mass is 33.1. The molecule has 2 bridgehead atoms. The number of esters is 1. The fourth-order valence-electron chi connectivity index (χ4n) is 2.82. The van der Waals surface area contributed by atoms with E-state index in [1.54, 1.807) is 0 Å². The summed E-state index contributed by atoms with van der Waals surface area (Å²) in [5.41, 5.74) is 0.216. The van der Waals surface area contributed by atoms with E-state index in [1.165, 1.54) is 35.1 Å². The van der Waals surface area contributed by atoms with Crippen molar-refractivity contribution in [1.82, 2.24) is 0 Å². The van der Waals surface area contributed by atoms with Gasteiger partial charge in [-0.3, -0.25) is 10.1 Å². The van der Waals surface area contributed by atoms with Gasteiger partial charge in [0, 0.05) is 12.1 Å². The van der Waals surface area contributed by atoms with Crippen molar-refractivity contribution < 1.29 is 18.7 Å². The highest BCUT2D eigenvalue weighted by molar-refractivity contribution is 8.70. The van der Waals surface area contributed by atoms with E-state index in [0.717, 1.165) is 25.7 Å². The first-order valence-electron chi connectivity index (χ1n) is 7.09. The normalized spacial score (nSPS) is 30.5. The van der Waals surface area contributed by atoms with E-state index >= 15 is 0 Å². The van der Waals surface area contributed by atoms with Crippen molar-refractivity contribution in [2.24, 2.45) is 0 Å². The number of nitrogens with zero attached hydrogens (tertiary/aromatic N) is 1. The molecule has 1 heterocycles. The number of nitro groups is 1. The molecule has 118 valence electrons. The minimum Gasteiger partial charge on any atom is -0.456 e. The molecule has 22 heavy (non-hydrogen) atoms. The van der Waals surface area contributed by atoms with Crippen LogP contribution < -0.4 is 0 Å². The SMILES string of the molecule is O=C(OC1[C@@H]2CCCC[C@H]1S(=O)S2)c1ccc([N+](=O)[O-])cc1. The monoisotopic (exact) mass is 341 g/mol. The van der Waals surface area contributed by atoms with Gasteiger partial charge in [0.25, 0.3) is 5.69 Å². The van der Waals surface area contributed by atoms with Crippen LogP contribution in [0.1, 0.15) is 36.0 Å². The van der Waals surface area contributed by atoms with Crippen molar-refractivity contribution >= 4 is 32.3 Å². The van der Waals surface area contributed by atoms with Crippen LogP contribution in [0, 0.1) is 10.1 Å². The predicted molar refractivity (Wildman–Crippen MR) is 84.1 cm³/mol. The Kier molecular flexibility index (Phi) is 4.49. The maximum Gasteiger partial charge on any atom is 0.338 e. The summed E-state index contributed by atoms with van der Waals surface area (Å²) in [5, 5.41) is 10.6. The second kappa shape index (κ2) is 6.37. The van der Waals surface area contributed by atoms with Crippen molar-refractivity contribution in [1.29, 1.82) is 0 Å². The van der Waals surface area contributed by atoms with Crippen LogP contribution in [0.25, 0.3) is 0 Å². The van der Waals surface area contributed by atoms with Gasteiger partial charge in [0.15, 0.2) is 0 Å². The van der Waals surface area contributed by atoms with Crippen LogP contribution in [-0.4, -0.2) is 31.7 Å². The number of carbonyl (C=O) groups is 1. The van der Waals surface area contributed by atoms with Gasteiger partial charge in [0.1, 0.15) is 6.10 Å². The number of hydrogen-bond donors (Lipinski definition) is 0. The average molecular weight is 341 g/mol. The summed E-state index contributed by atoms with van der Waals surface area (Å²) in [6.07, 6.45) is 3.48. The van der Waals surface area contributed by atoms with Crippen molar-refractivity contribution in [3.63, 3.8) is 0 Å². The quantitative estimate of drug-likeness (QED) is 0.364. The highest BCUT2D eigenvalue weighted by Gasteiger charge is 2.46. The predicted octanol–water partition coefficient (Wildman–Crippen LogP) is 2.84. The molecule has 0 radical (unpaired) electrons. The molecule has 0 aromatic heterocycles. The number of nitro benzene ring substituents is 1. The van der Waals surface area contributed by atoms with Gasteiger partial charge in [-0.1, -0.05) is 23.6 Å². The number of non-ortho nitro benzene ring substituents is 1. The number of carbonyl (C=O) groups excluding carboxylic acids is 1. The third-order valence-corrected chi connectivity index (χ3v) is 7.97. The molecule has 0 amide bonds. The molecule has 1 aliphatic heterocycles. The lowest BCUT2D eigenvalue weighted by atomic mass is 10.1. The second-order valence-corrected chi connectivity index (χ2v) is 8.88. The van der Waals surface area contributed by atoms with Crippen molar-refractivity contribution in [3.8, 4) is 0 Å². The third-order valence-electron chi connectivity index (χ3n) is 3.98. The van der Waals surface area contributed by atoms with Crippen LogP contribution in [-0.2, 0) is 14.6 Å². The second-order valence-electron chi connectivity index (χ2n) is 5.39. The number of benzene rings is 1. The van der Waals surface area contributed by atoms with Crippen molar-refractivity contribution in [2.75, 3.05) is 0 Å². The van der Waals surface area contributed by atoms with Gasteiger partial charge >= 0.3 is 5.97 Å². The fraction of sp³-hybridized carbons (Fsp3) is 0.500. The number of fused-ring (bicyclic) bond motifs is 2. The topological polar surface area (TPSA) is 86.5 Å². The van der Waals surface area contributed by atoms with E-state index < -0.39 is 20.7 Å². The summed E-state index contributed by atoms with van der Waals surface area (Å²) in [6.45, 7) is 0. The maximum atomic E-state index is 12.2.